The number of rotatable bonds is 2. The molecule has 4 rings (SSSR count). The molecule has 0 spiro atoms. The second-order valence-electron chi connectivity index (χ2n) is 8.97. The van der Waals surface area contributed by atoms with Crippen molar-refractivity contribution in [3.05, 3.63) is 48.5 Å². The van der Waals surface area contributed by atoms with Crippen molar-refractivity contribution in [2.75, 3.05) is 20.1 Å². The molecular formula is C25H34N4O3. The van der Waals surface area contributed by atoms with Crippen molar-refractivity contribution in [3.8, 4) is 5.75 Å². The molecular weight excluding hydrogens is 404 g/mol. The predicted octanol–water partition coefficient (Wildman–Crippen LogP) is 3.75. The summed E-state index contributed by atoms with van der Waals surface area (Å²) in [4.78, 5) is 34.4. The van der Waals surface area contributed by atoms with Gasteiger partial charge in [0.25, 0.3) is 5.91 Å². The number of carbonyl (C=O) groups excluding carboxylic acids is 2. The Hall–Kier alpha value is -2.83. The van der Waals surface area contributed by atoms with Gasteiger partial charge in [-0.1, -0.05) is 31.4 Å². The fourth-order valence-electron chi connectivity index (χ4n) is 4.88. The first-order chi connectivity index (χ1) is 15.6. The van der Waals surface area contributed by atoms with Gasteiger partial charge < -0.3 is 19.1 Å². The van der Waals surface area contributed by atoms with Gasteiger partial charge in [0.15, 0.2) is 0 Å². The minimum atomic E-state index is -0.113. The van der Waals surface area contributed by atoms with Gasteiger partial charge in [0.1, 0.15) is 18.4 Å². The lowest BCUT2D eigenvalue weighted by Crippen LogP contribution is -2.52. The van der Waals surface area contributed by atoms with Crippen LogP contribution >= 0.6 is 0 Å². The second-order valence-corrected chi connectivity index (χ2v) is 8.97. The molecule has 2 aliphatic rings. The first kappa shape index (κ1) is 22.4. The van der Waals surface area contributed by atoms with Gasteiger partial charge in [-0.25, -0.2) is 4.98 Å². The lowest BCUT2D eigenvalue weighted by molar-refractivity contribution is -0.137. The first-order valence-corrected chi connectivity index (χ1v) is 11.9. The number of aromatic nitrogens is 2. The number of imidazole rings is 1. The molecule has 172 valence electrons. The molecule has 1 aliphatic heterocycles. The quantitative estimate of drug-likeness (QED) is 0.716. The Bertz CT molecular complexity index is 898. The molecule has 2 aromatic rings. The summed E-state index contributed by atoms with van der Waals surface area (Å²) in [5.74, 6) is 0.734. The molecule has 0 radical (unpaired) electrons. The van der Waals surface area contributed by atoms with E-state index in [1.807, 2.05) is 47.0 Å². The third kappa shape index (κ3) is 5.31. The van der Waals surface area contributed by atoms with Gasteiger partial charge >= 0.3 is 0 Å². The fourth-order valence-corrected chi connectivity index (χ4v) is 4.88. The zero-order chi connectivity index (χ0) is 22.3. The molecule has 0 bridgehead atoms. The number of ether oxygens (including phenoxy) is 1. The molecule has 7 heteroatoms. The lowest BCUT2D eigenvalue weighted by Gasteiger charge is -2.40. The molecule has 1 aliphatic carbocycles. The van der Waals surface area contributed by atoms with Crippen LogP contribution in [0.25, 0.3) is 0 Å². The minimum absolute atomic E-state index is 0.00180. The summed E-state index contributed by atoms with van der Waals surface area (Å²) in [5.41, 5.74) is 0.604. The zero-order valence-corrected chi connectivity index (χ0v) is 19.0. The summed E-state index contributed by atoms with van der Waals surface area (Å²) in [7, 11) is 1.87. The molecule has 2 amide bonds. The number of hydrogen-bond acceptors (Lipinski definition) is 4. The number of nitrogens with zero attached hydrogens (tertiary/aromatic N) is 4. The van der Waals surface area contributed by atoms with Crippen molar-refractivity contribution in [1.29, 1.82) is 0 Å². The average Bonchev–Trinajstić information content (AvgIpc) is 3.31. The van der Waals surface area contributed by atoms with Crippen molar-refractivity contribution in [1.82, 2.24) is 19.4 Å². The standard InChI is InChI=1S/C25H34N4O3/c1-27-15-8-2-3-9-16-29(24(30)18-28-17-14-26-19-28)21-11-5-7-13-23(21)32-22-12-6-4-10-20(22)25(27)31/h4,6,10,12,14,17,19,21,23H,2-3,5,7-9,11,13,15-16,18H2,1H3/t21-,23+/m1/s1. The number of carbonyl (C=O) groups is 2. The zero-order valence-electron chi connectivity index (χ0n) is 19.0. The van der Waals surface area contributed by atoms with E-state index in [1.165, 1.54) is 0 Å². The van der Waals surface area contributed by atoms with Gasteiger partial charge in [-0.3, -0.25) is 9.59 Å². The third-order valence-corrected chi connectivity index (χ3v) is 6.65. The molecule has 1 aromatic heterocycles. The molecule has 2 heterocycles. The van der Waals surface area contributed by atoms with Crippen LogP contribution < -0.4 is 4.74 Å². The SMILES string of the molecule is CN1CCCCCCN(C(=O)Cn2ccnc2)[C@@H]2CCCC[C@@H]2Oc2ccccc2C1=O. The maximum Gasteiger partial charge on any atom is 0.257 e. The van der Waals surface area contributed by atoms with Crippen LogP contribution in [0.2, 0.25) is 0 Å². The summed E-state index contributed by atoms with van der Waals surface area (Å²) >= 11 is 0. The van der Waals surface area contributed by atoms with Crippen LogP contribution in [0, 0.1) is 0 Å². The van der Waals surface area contributed by atoms with E-state index in [0.29, 0.717) is 17.9 Å². The summed E-state index contributed by atoms with van der Waals surface area (Å²) in [6, 6.07) is 7.55. The Balaban J connectivity index is 1.62. The Labute approximate surface area is 190 Å². The first-order valence-electron chi connectivity index (χ1n) is 11.9. The number of fused-ring (bicyclic) bond motifs is 2. The summed E-state index contributed by atoms with van der Waals surface area (Å²) in [6.45, 7) is 1.76. The monoisotopic (exact) mass is 438 g/mol. The smallest absolute Gasteiger partial charge is 0.257 e. The van der Waals surface area contributed by atoms with Gasteiger partial charge in [0.2, 0.25) is 5.91 Å². The number of amides is 2. The van der Waals surface area contributed by atoms with Crippen LogP contribution in [0.15, 0.2) is 43.0 Å². The third-order valence-electron chi connectivity index (χ3n) is 6.65. The second kappa shape index (κ2) is 10.7. The van der Waals surface area contributed by atoms with Crippen molar-refractivity contribution in [3.63, 3.8) is 0 Å². The Morgan fingerprint density at radius 1 is 1.06 bits per heavy atom. The topological polar surface area (TPSA) is 67.7 Å². The van der Waals surface area contributed by atoms with E-state index in [0.717, 1.165) is 64.5 Å². The molecule has 1 aromatic carbocycles. The Kier molecular flexibility index (Phi) is 7.45. The van der Waals surface area contributed by atoms with E-state index in [1.54, 1.807) is 17.4 Å². The largest absolute Gasteiger partial charge is 0.487 e. The van der Waals surface area contributed by atoms with E-state index >= 15 is 0 Å². The fraction of sp³-hybridized carbons (Fsp3) is 0.560. The van der Waals surface area contributed by atoms with E-state index < -0.39 is 0 Å². The summed E-state index contributed by atoms with van der Waals surface area (Å²) in [5, 5.41) is 0. The van der Waals surface area contributed by atoms with Gasteiger partial charge in [0.05, 0.1) is 17.9 Å². The molecule has 7 nitrogen and oxygen atoms in total. The molecule has 1 fully saturated rings. The molecule has 32 heavy (non-hydrogen) atoms. The molecule has 2 atom stereocenters. The highest BCUT2D eigenvalue weighted by atomic mass is 16.5. The van der Waals surface area contributed by atoms with Crippen molar-refractivity contribution < 1.29 is 14.3 Å². The van der Waals surface area contributed by atoms with Crippen LogP contribution in [0.3, 0.4) is 0 Å². The molecule has 0 N–H and O–H groups in total. The van der Waals surface area contributed by atoms with Crippen molar-refractivity contribution >= 4 is 11.8 Å². The van der Waals surface area contributed by atoms with Crippen molar-refractivity contribution in [2.24, 2.45) is 0 Å². The Morgan fingerprint density at radius 3 is 2.66 bits per heavy atom. The maximum absolute atomic E-state index is 13.4. The predicted molar refractivity (Wildman–Crippen MR) is 122 cm³/mol. The lowest BCUT2D eigenvalue weighted by atomic mass is 9.90. The highest BCUT2D eigenvalue weighted by molar-refractivity contribution is 5.96. The summed E-state index contributed by atoms with van der Waals surface area (Å²) in [6.07, 6.45) is 13.1. The van der Waals surface area contributed by atoms with E-state index in [2.05, 4.69) is 4.98 Å². The van der Waals surface area contributed by atoms with Crippen molar-refractivity contribution in [2.45, 2.75) is 70.1 Å². The van der Waals surface area contributed by atoms with Gasteiger partial charge in [-0.2, -0.15) is 0 Å². The van der Waals surface area contributed by atoms with Crippen LogP contribution in [0.4, 0.5) is 0 Å². The average molecular weight is 439 g/mol. The van der Waals surface area contributed by atoms with Gasteiger partial charge in [-0.15, -0.1) is 0 Å². The number of benzene rings is 1. The molecule has 0 saturated heterocycles. The van der Waals surface area contributed by atoms with Gasteiger partial charge in [0, 0.05) is 32.5 Å². The van der Waals surface area contributed by atoms with Crippen LogP contribution in [-0.4, -0.2) is 63.4 Å². The normalized spacial score (nSPS) is 23.0. The van der Waals surface area contributed by atoms with E-state index in [9.17, 15) is 9.59 Å². The minimum Gasteiger partial charge on any atom is -0.487 e. The van der Waals surface area contributed by atoms with Crippen LogP contribution in [-0.2, 0) is 11.3 Å². The van der Waals surface area contributed by atoms with Crippen LogP contribution in [0.1, 0.15) is 61.7 Å². The molecule has 1 saturated carbocycles. The highest BCUT2D eigenvalue weighted by Crippen LogP contribution is 2.30. The summed E-state index contributed by atoms with van der Waals surface area (Å²) < 4.78 is 8.35. The number of para-hydroxylation sites is 1. The maximum atomic E-state index is 13.4. The van der Waals surface area contributed by atoms with E-state index in [-0.39, 0.29) is 24.0 Å². The molecule has 0 unspecified atom stereocenters. The highest BCUT2D eigenvalue weighted by Gasteiger charge is 2.35. The van der Waals surface area contributed by atoms with Crippen LogP contribution in [0.5, 0.6) is 5.75 Å². The Morgan fingerprint density at radius 2 is 1.84 bits per heavy atom. The van der Waals surface area contributed by atoms with Gasteiger partial charge in [-0.05, 0) is 44.2 Å². The van der Waals surface area contributed by atoms with E-state index in [4.69, 9.17) is 4.74 Å². The number of hydrogen-bond donors (Lipinski definition) is 0.